The Balaban J connectivity index is 2.16. The second kappa shape index (κ2) is 7.59. The largest absolute Gasteiger partial charge is 0.465 e. The van der Waals surface area contributed by atoms with Gasteiger partial charge in [-0.15, -0.1) is 0 Å². The SMILES string of the molecule is CCOC(=O)[C@H]1C(=O)C(=O)N(c2ccc(C)cc2)[C@@H]1c1cccc([N+](=O)[O-])c1. The average Bonchev–Trinajstić information content (AvgIpc) is 2.94. The van der Waals surface area contributed by atoms with Gasteiger partial charge in [-0.05, 0) is 31.5 Å². The molecule has 1 amide bonds. The number of carbonyl (C=O) groups excluding carboxylic acids is 3. The van der Waals surface area contributed by atoms with Crippen LogP contribution in [0.2, 0.25) is 0 Å². The van der Waals surface area contributed by atoms with E-state index in [2.05, 4.69) is 0 Å². The first-order valence-corrected chi connectivity index (χ1v) is 8.70. The van der Waals surface area contributed by atoms with Gasteiger partial charge in [0, 0.05) is 17.8 Å². The third kappa shape index (κ3) is 3.36. The lowest BCUT2D eigenvalue weighted by Crippen LogP contribution is -2.31. The number of hydrogen-bond donors (Lipinski definition) is 0. The van der Waals surface area contributed by atoms with E-state index in [1.54, 1.807) is 37.3 Å². The summed E-state index contributed by atoms with van der Waals surface area (Å²) >= 11 is 0. The molecule has 0 aromatic heterocycles. The van der Waals surface area contributed by atoms with E-state index in [9.17, 15) is 24.5 Å². The molecule has 2 atom stereocenters. The quantitative estimate of drug-likeness (QED) is 0.259. The highest BCUT2D eigenvalue weighted by atomic mass is 16.6. The summed E-state index contributed by atoms with van der Waals surface area (Å²) < 4.78 is 5.00. The van der Waals surface area contributed by atoms with Crippen molar-refractivity contribution in [3.05, 3.63) is 69.8 Å². The molecular formula is C20H18N2O6. The van der Waals surface area contributed by atoms with Crippen LogP contribution in [0.4, 0.5) is 11.4 Å². The highest BCUT2D eigenvalue weighted by molar-refractivity contribution is 6.47. The molecule has 144 valence electrons. The Morgan fingerprint density at radius 3 is 2.46 bits per heavy atom. The minimum Gasteiger partial charge on any atom is -0.465 e. The van der Waals surface area contributed by atoms with Gasteiger partial charge in [0.25, 0.3) is 11.6 Å². The summed E-state index contributed by atoms with van der Waals surface area (Å²) in [5.74, 6) is -3.96. The molecule has 8 heteroatoms. The summed E-state index contributed by atoms with van der Waals surface area (Å²) in [5, 5.41) is 11.2. The van der Waals surface area contributed by atoms with Crippen molar-refractivity contribution in [2.75, 3.05) is 11.5 Å². The van der Waals surface area contributed by atoms with E-state index in [1.807, 2.05) is 6.92 Å². The van der Waals surface area contributed by atoms with Gasteiger partial charge in [-0.1, -0.05) is 29.8 Å². The number of nitro groups is 1. The summed E-state index contributed by atoms with van der Waals surface area (Å²) in [6.45, 7) is 3.52. The van der Waals surface area contributed by atoms with E-state index in [1.165, 1.54) is 23.1 Å². The Labute approximate surface area is 160 Å². The second-order valence-electron chi connectivity index (χ2n) is 6.40. The lowest BCUT2D eigenvalue weighted by atomic mass is 9.92. The maximum Gasteiger partial charge on any atom is 0.319 e. The molecule has 28 heavy (non-hydrogen) atoms. The fourth-order valence-electron chi connectivity index (χ4n) is 3.29. The number of aryl methyl sites for hydroxylation is 1. The number of hydrogen-bond acceptors (Lipinski definition) is 6. The number of rotatable bonds is 5. The van der Waals surface area contributed by atoms with Crippen LogP contribution in [-0.2, 0) is 19.1 Å². The Kier molecular flexibility index (Phi) is 5.21. The molecule has 1 aliphatic heterocycles. The molecule has 0 radical (unpaired) electrons. The van der Waals surface area contributed by atoms with E-state index < -0.39 is 34.5 Å². The molecule has 0 spiro atoms. The van der Waals surface area contributed by atoms with Gasteiger partial charge in [0.05, 0.1) is 17.6 Å². The van der Waals surface area contributed by atoms with Crippen molar-refractivity contribution >= 4 is 29.0 Å². The highest BCUT2D eigenvalue weighted by Crippen LogP contribution is 2.41. The lowest BCUT2D eigenvalue weighted by Gasteiger charge is -2.27. The van der Waals surface area contributed by atoms with E-state index in [0.717, 1.165) is 5.56 Å². The van der Waals surface area contributed by atoms with Crippen LogP contribution in [0.1, 0.15) is 24.1 Å². The summed E-state index contributed by atoms with van der Waals surface area (Å²) in [6, 6.07) is 11.4. The van der Waals surface area contributed by atoms with Crippen LogP contribution >= 0.6 is 0 Å². The van der Waals surface area contributed by atoms with Crippen molar-refractivity contribution in [3.63, 3.8) is 0 Å². The predicted octanol–water partition coefficient (Wildman–Crippen LogP) is 2.74. The van der Waals surface area contributed by atoms with Crippen molar-refractivity contribution in [2.24, 2.45) is 5.92 Å². The number of anilines is 1. The summed E-state index contributed by atoms with van der Waals surface area (Å²) in [6.07, 6.45) is 0. The number of carbonyl (C=O) groups is 3. The van der Waals surface area contributed by atoms with E-state index >= 15 is 0 Å². The zero-order chi connectivity index (χ0) is 20.4. The molecule has 0 aliphatic carbocycles. The lowest BCUT2D eigenvalue weighted by molar-refractivity contribution is -0.384. The van der Waals surface area contributed by atoms with Crippen LogP contribution < -0.4 is 4.90 Å². The molecule has 1 aliphatic rings. The standard InChI is InChI=1S/C20H18N2O6/c1-3-28-20(25)16-17(13-5-4-6-15(11-13)22(26)27)21(19(24)18(16)23)14-9-7-12(2)8-10-14/h4-11,16-17H,3H2,1-2H3/t16-,17-/m1/s1. The predicted molar refractivity (Wildman–Crippen MR) is 99.6 cm³/mol. The van der Waals surface area contributed by atoms with Gasteiger partial charge in [-0.25, -0.2) is 0 Å². The first-order valence-electron chi connectivity index (χ1n) is 8.70. The monoisotopic (exact) mass is 382 g/mol. The molecule has 1 heterocycles. The summed E-state index contributed by atoms with van der Waals surface area (Å²) in [4.78, 5) is 49.7. The van der Waals surface area contributed by atoms with Gasteiger partial charge in [-0.2, -0.15) is 0 Å². The Morgan fingerprint density at radius 2 is 1.86 bits per heavy atom. The molecule has 2 aromatic carbocycles. The summed E-state index contributed by atoms with van der Waals surface area (Å²) in [5.41, 5.74) is 1.49. The van der Waals surface area contributed by atoms with E-state index in [0.29, 0.717) is 11.3 Å². The third-order valence-electron chi connectivity index (χ3n) is 4.58. The minimum atomic E-state index is -1.39. The number of esters is 1. The fraction of sp³-hybridized carbons (Fsp3) is 0.250. The van der Waals surface area contributed by atoms with Gasteiger partial charge in [0.2, 0.25) is 5.78 Å². The highest BCUT2D eigenvalue weighted by Gasteiger charge is 2.53. The van der Waals surface area contributed by atoms with Crippen LogP contribution in [0.5, 0.6) is 0 Å². The first kappa shape index (κ1) is 19.2. The van der Waals surface area contributed by atoms with Crippen molar-refractivity contribution in [1.29, 1.82) is 0 Å². The third-order valence-corrected chi connectivity index (χ3v) is 4.58. The van der Waals surface area contributed by atoms with E-state index in [-0.39, 0.29) is 12.3 Å². The number of nitro benzene ring substituents is 1. The number of Topliss-reactive ketones (excluding diaryl/α,β-unsaturated/α-hetero) is 1. The normalized spacial score (nSPS) is 19.0. The maximum atomic E-state index is 12.7. The molecule has 1 fully saturated rings. The van der Waals surface area contributed by atoms with Crippen LogP contribution in [0.15, 0.2) is 48.5 Å². The molecule has 2 aromatic rings. The number of non-ortho nitro benzene ring substituents is 1. The van der Waals surface area contributed by atoms with Crippen molar-refractivity contribution in [1.82, 2.24) is 0 Å². The zero-order valence-corrected chi connectivity index (χ0v) is 15.3. The second-order valence-corrected chi connectivity index (χ2v) is 6.40. The summed E-state index contributed by atoms with van der Waals surface area (Å²) in [7, 11) is 0. The zero-order valence-electron chi connectivity index (χ0n) is 15.3. The molecule has 1 saturated heterocycles. The van der Waals surface area contributed by atoms with Gasteiger partial charge >= 0.3 is 5.97 Å². The van der Waals surface area contributed by atoms with Crippen molar-refractivity contribution in [3.8, 4) is 0 Å². The Morgan fingerprint density at radius 1 is 1.18 bits per heavy atom. The maximum absolute atomic E-state index is 12.7. The van der Waals surface area contributed by atoms with Gasteiger partial charge in [0.1, 0.15) is 5.92 Å². The van der Waals surface area contributed by atoms with Crippen molar-refractivity contribution in [2.45, 2.75) is 19.9 Å². The van der Waals surface area contributed by atoms with Crippen LogP contribution in [0.25, 0.3) is 0 Å². The molecule has 0 unspecified atom stereocenters. The molecule has 0 N–H and O–H groups in total. The van der Waals surface area contributed by atoms with Crippen molar-refractivity contribution < 1.29 is 24.0 Å². The molecule has 3 rings (SSSR count). The number of amides is 1. The number of ether oxygens (including phenoxy) is 1. The van der Waals surface area contributed by atoms with Gasteiger partial charge in [0.15, 0.2) is 0 Å². The van der Waals surface area contributed by atoms with Gasteiger partial charge in [-0.3, -0.25) is 29.4 Å². The Hall–Kier alpha value is -3.55. The number of benzene rings is 2. The minimum absolute atomic E-state index is 0.0446. The molecule has 0 bridgehead atoms. The van der Waals surface area contributed by atoms with Crippen LogP contribution in [0, 0.1) is 23.0 Å². The number of ketones is 1. The number of nitrogens with zero attached hydrogens (tertiary/aromatic N) is 2. The average molecular weight is 382 g/mol. The smallest absolute Gasteiger partial charge is 0.319 e. The van der Waals surface area contributed by atoms with Gasteiger partial charge < -0.3 is 4.74 Å². The van der Waals surface area contributed by atoms with Crippen LogP contribution in [0.3, 0.4) is 0 Å². The first-order chi connectivity index (χ1) is 13.3. The topological polar surface area (TPSA) is 107 Å². The molecular weight excluding hydrogens is 364 g/mol. The molecule has 0 saturated carbocycles. The molecule has 8 nitrogen and oxygen atoms in total. The van der Waals surface area contributed by atoms with E-state index in [4.69, 9.17) is 4.74 Å². The Bertz CT molecular complexity index is 953. The fourth-order valence-corrected chi connectivity index (χ4v) is 3.29. The van der Waals surface area contributed by atoms with Crippen LogP contribution in [-0.4, -0.2) is 29.2 Å².